The van der Waals surface area contributed by atoms with Gasteiger partial charge in [-0.1, -0.05) is 0 Å². The molecular formula is C10H17N3O2S. The molecule has 0 saturated heterocycles. The van der Waals surface area contributed by atoms with E-state index in [-0.39, 0.29) is 12.5 Å². The van der Waals surface area contributed by atoms with Gasteiger partial charge in [-0.3, -0.25) is 4.79 Å². The van der Waals surface area contributed by atoms with Crippen molar-refractivity contribution in [1.82, 2.24) is 10.3 Å². The van der Waals surface area contributed by atoms with Crippen LogP contribution in [0, 0.1) is 6.92 Å². The molecule has 90 valence electrons. The summed E-state index contributed by atoms with van der Waals surface area (Å²) in [7, 11) is 1.47. The van der Waals surface area contributed by atoms with Gasteiger partial charge in [-0.15, -0.1) is 11.3 Å². The Labute approximate surface area is 99.0 Å². The molecule has 0 bridgehead atoms. The molecule has 1 amide bonds. The summed E-state index contributed by atoms with van der Waals surface area (Å²) in [6, 6.07) is 0. The van der Waals surface area contributed by atoms with Gasteiger partial charge in [0.2, 0.25) is 5.91 Å². The summed E-state index contributed by atoms with van der Waals surface area (Å²) in [6.07, 6.45) is 0.175. The molecule has 3 N–H and O–H groups in total. The van der Waals surface area contributed by atoms with Crippen LogP contribution in [0.3, 0.4) is 0 Å². The maximum Gasteiger partial charge on any atom is 0.250 e. The van der Waals surface area contributed by atoms with Crippen molar-refractivity contribution < 1.29 is 9.53 Å². The standard InChI is InChI=1S/C10H17N3O2S/c1-7-13-8(6-16-7)3-4-12-10(14)9(5-11)15-2/h6,9H,3-5,11H2,1-2H3,(H,12,14). The zero-order chi connectivity index (χ0) is 12.0. The van der Waals surface area contributed by atoms with Gasteiger partial charge in [0.1, 0.15) is 6.10 Å². The molecule has 1 heterocycles. The minimum Gasteiger partial charge on any atom is -0.370 e. The van der Waals surface area contributed by atoms with E-state index in [0.29, 0.717) is 6.54 Å². The first-order valence-corrected chi connectivity index (χ1v) is 5.97. The number of amides is 1. The Balaban J connectivity index is 2.27. The number of nitrogens with one attached hydrogen (secondary N) is 1. The highest BCUT2D eigenvalue weighted by molar-refractivity contribution is 7.09. The number of ether oxygens (including phenoxy) is 1. The number of carbonyl (C=O) groups excluding carboxylic acids is 1. The first-order chi connectivity index (χ1) is 7.67. The van der Waals surface area contributed by atoms with Crippen LogP contribution in [0.4, 0.5) is 0 Å². The topological polar surface area (TPSA) is 77.2 Å². The number of carbonyl (C=O) groups is 1. The van der Waals surface area contributed by atoms with Gasteiger partial charge in [0, 0.05) is 32.0 Å². The Bertz CT molecular complexity index is 337. The molecule has 0 spiro atoms. The SMILES string of the molecule is COC(CN)C(=O)NCCc1csc(C)n1. The lowest BCUT2D eigenvalue weighted by Gasteiger charge is -2.12. The molecule has 0 aliphatic rings. The van der Waals surface area contributed by atoms with Crippen LogP contribution in [0.5, 0.6) is 0 Å². The van der Waals surface area contributed by atoms with Crippen molar-refractivity contribution in [3.05, 3.63) is 16.1 Å². The van der Waals surface area contributed by atoms with Crippen molar-refractivity contribution in [2.75, 3.05) is 20.2 Å². The van der Waals surface area contributed by atoms with E-state index in [4.69, 9.17) is 10.5 Å². The van der Waals surface area contributed by atoms with Crippen LogP contribution in [-0.2, 0) is 16.0 Å². The molecule has 1 aromatic heterocycles. The minimum atomic E-state index is -0.558. The van der Waals surface area contributed by atoms with E-state index in [1.54, 1.807) is 11.3 Å². The van der Waals surface area contributed by atoms with Crippen molar-refractivity contribution in [3.63, 3.8) is 0 Å². The average molecular weight is 243 g/mol. The number of nitrogens with zero attached hydrogens (tertiary/aromatic N) is 1. The summed E-state index contributed by atoms with van der Waals surface area (Å²) in [5, 5.41) is 5.80. The van der Waals surface area contributed by atoms with Crippen LogP contribution in [0.1, 0.15) is 10.7 Å². The Morgan fingerprint density at radius 1 is 1.75 bits per heavy atom. The maximum atomic E-state index is 11.5. The van der Waals surface area contributed by atoms with Gasteiger partial charge in [-0.25, -0.2) is 4.98 Å². The molecule has 0 aliphatic carbocycles. The molecule has 16 heavy (non-hydrogen) atoms. The number of aromatic nitrogens is 1. The first kappa shape index (κ1) is 13.1. The zero-order valence-electron chi connectivity index (χ0n) is 9.53. The molecule has 0 fully saturated rings. The first-order valence-electron chi connectivity index (χ1n) is 5.09. The van der Waals surface area contributed by atoms with Crippen molar-refractivity contribution in [2.24, 2.45) is 5.73 Å². The number of nitrogens with two attached hydrogens (primary N) is 1. The average Bonchev–Trinajstić information content (AvgIpc) is 2.66. The monoisotopic (exact) mass is 243 g/mol. The predicted molar refractivity (Wildman–Crippen MR) is 63.4 cm³/mol. The number of rotatable bonds is 6. The molecule has 1 atom stereocenters. The third-order valence-corrected chi connectivity index (χ3v) is 2.96. The highest BCUT2D eigenvalue weighted by Crippen LogP contribution is 2.07. The minimum absolute atomic E-state index is 0.169. The molecule has 6 heteroatoms. The Morgan fingerprint density at radius 3 is 3.00 bits per heavy atom. The highest BCUT2D eigenvalue weighted by atomic mass is 32.1. The Hall–Kier alpha value is -0.980. The van der Waals surface area contributed by atoms with Gasteiger partial charge >= 0.3 is 0 Å². The fraction of sp³-hybridized carbons (Fsp3) is 0.600. The summed E-state index contributed by atoms with van der Waals surface area (Å²) < 4.78 is 4.92. The lowest BCUT2D eigenvalue weighted by atomic mass is 10.3. The highest BCUT2D eigenvalue weighted by Gasteiger charge is 2.14. The Kier molecular flexibility index (Phi) is 5.37. The molecular weight excluding hydrogens is 226 g/mol. The van der Waals surface area contributed by atoms with Crippen molar-refractivity contribution in [1.29, 1.82) is 0 Å². The molecule has 1 aromatic rings. The van der Waals surface area contributed by atoms with Gasteiger partial charge in [-0.2, -0.15) is 0 Å². The van der Waals surface area contributed by atoms with E-state index >= 15 is 0 Å². The summed E-state index contributed by atoms with van der Waals surface area (Å²) in [4.78, 5) is 15.8. The van der Waals surface area contributed by atoms with Crippen LogP contribution in [0.25, 0.3) is 0 Å². The van der Waals surface area contributed by atoms with Gasteiger partial charge < -0.3 is 15.8 Å². The maximum absolute atomic E-state index is 11.5. The van der Waals surface area contributed by atoms with Crippen LogP contribution in [-0.4, -0.2) is 37.2 Å². The van der Waals surface area contributed by atoms with Gasteiger partial charge in [0.15, 0.2) is 0 Å². The van der Waals surface area contributed by atoms with Gasteiger partial charge in [0.05, 0.1) is 10.7 Å². The number of aryl methyl sites for hydroxylation is 1. The van der Waals surface area contributed by atoms with Gasteiger partial charge in [0.25, 0.3) is 0 Å². The molecule has 0 saturated carbocycles. The van der Waals surface area contributed by atoms with E-state index < -0.39 is 6.10 Å². The summed E-state index contributed by atoms with van der Waals surface area (Å²) in [5.41, 5.74) is 6.38. The third-order valence-electron chi connectivity index (χ3n) is 2.14. The number of thiazole rings is 1. The van der Waals surface area contributed by atoms with Crippen LogP contribution >= 0.6 is 11.3 Å². The normalized spacial score (nSPS) is 12.4. The fourth-order valence-electron chi connectivity index (χ4n) is 1.26. The van der Waals surface area contributed by atoms with Crippen LogP contribution in [0.15, 0.2) is 5.38 Å². The molecule has 1 rings (SSSR count). The molecule has 0 radical (unpaired) electrons. The van der Waals surface area contributed by atoms with Crippen molar-refractivity contribution in [3.8, 4) is 0 Å². The van der Waals surface area contributed by atoms with E-state index in [1.807, 2.05) is 12.3 Å². The fourth-order valence-corrected chi connectivity index (χ4v) is 1.91. The lowest BCUT2D eigenvalue weighted by molar-refractivity contribution is -0.130. The summed E-state index contributed by atoms with van der Waals surface area (Å²) in [5.74, 6) is -0.169. The summed E-state index contributed by atoms with van der Waals surface area (Å²) >= 11 is 1.61. The summed E-state index contributed by atoms with van der Waals surface area (Å²) in [6.45, 7) is 2.71. The van der Waals surface area contributed by atoms with Crippen LogP contribution < -0.4 is 11.1 Å². The molecule has 0 aliphatic heterocycles. The van der Waals surface area contributed by atoms with Crippen molar-refractivity contribution >= 4 is 17.2 Å². The molecule has 0 aromatic carbocycles. The second-order valence-electron chi connectivity index (χ2n) is 3.36. The van der Waals surface area contributed by atoms with Gasteiger partial charge in [-0.05, 0) is 6.92 Å². The van der Waals surface area contributed by atoms with E-state index in [0.717, 1.165) is 17.1 Å². The Morgan fingerprint density at radius 2 is 2.50 bits per heavy atom. The smallest absolute Gasteiger partial charge is 0.250 e. The van der Waals surface area contributed by atoms with Crippen molar-refractivity contribution in [2.45, 2.75) is 19.4 Å². The molecule has 5 nitrogen and oxygen atoms in total. The lowest BCUT2D eigenvalue weighted by Crippen LogP contribution is -2.41. The largest absolute Gasteiger partial charge is 0.370 e. The molecule has 1 unspecified atom stereocenters. The van der Waals surface area contributed by atoms with E-state index in [1.165, 1.54) is 7.11 Å². The van der Waals surface area contributed by atoms with Crippen LogP contribution in [0.2, 0.25) is 0 Å². The van der Waals surface area contributed by atoms with E-state index in [2.05, 4.69) is 10.3 Å². The number of hydrogen-bond acceptors (Lipinski definition) is 5. The second kappa shape index (κ2) is 6.57. The third kappa shape index (κ3) is 3.88. The number of methoxy groups -OCH3 is 1. The quantitative estimate of drug-likeness (QED) is 0.742. The number of hydrogen-bond donors (Lipinski definition) is 2. The predicted octanol–water partition coefficient (Wildman–Crippen LogP) is 0.0839. The zero-order valence-corrected chi connectivity index (χ0v) is 10.3. The second-order valence-corrected chi connectivity index (χ2v) is 4.42. The van der Waals surface area contributed by atoms with E-state index in [9.17, 15) is 4.79 Å².